The number of benzene rings is 9. The molecule has 0 fully saturated rings. The molecule has 0 radical (unpaired) electrons. The standard InChI is InChI=1S/C69H47N3/c1-2-14-48(15-3-1)49-24-26-50(27-25-49)57-40-43-72-69(47-57)56-38-32-53(33-39-56)63-18-6-9-21-66(63)60-45-58(64-19-7-4-16-61(64)51-28-34-54(35-29-51)67-22-10-12-41-70-67)44-59(46-60)65-20-8-5-17-62(65)52-30-36-55(37-31-52)68-23-11-13-42-71-68/h1-47H. The Morgan fingerprint density at radius 1 is 0.153 bits per heavy atom. The lowest BCUT2D eigenvalue weighted by atomic mass is 9.86. The molecule has 0 N–H and O–H groups in total. The van der Waals surface area contributed by atoms with Crippen LogP contribution in [0.25, 0.3) is 123 Å². The molecule has 0 aliphatic carbocycles. The summed E-state index contributed by atoms with van der Waals surface area (Å²) in [6, 6.07) is 95.4. The largest absolute Gasteiger partial charge is 0.256 e. The van der Waals surface area contributed by atoms with Crippen LogP contribution < -0.4 is 0 Å². The number of nitrogens with zero attached hydrogens (tertiary/aromatic N) is 3. The van der Waals surface area contributed by atoms with Crippen LogP contribution >= 0.6 is 0 Å². The SMILES string of the molecule is c1ccc(-c2ccc(-c3ccnc(-c4ccc(-c5ccccc5-c5cc(-c6ccccc6-c6ccc(-c7ccccn7)cc6)cc(-c6ccccc6-c6ccc(-c7ccccn7)cc6)c5)cc4)c3)cc2)cc1. The van der Waals surface area contributed by atoms with E-state index < -0.39 is 0 Å². The predicted octanol–water partition coefficient (Wildman–Crippen LogP) is 18.2. The number of hydrogen-bond donors (Lipinski definition) is 0. The van der Waals surface area contributed by atoms with Gasteiger partial charge in [-0.3, -0.25) is 15.0 Å². The van der Waals surface area contributed by atoms with E-state index in [0.29, 0.717) is 0 Å². The average molecular weight is 918 g/mol. The minimum atomic E-state index is 0.937. The zero-order valence-corrected chi connectivity index (χ0v) is 39.5. The highest BCUT2D eigenvalue weighted by molar-refractivity contribution is 5.94. The van der Waals surface area contributed by atoms with Gasteiger partial charge in [-0.2, -0.15) is 0 Å². The third-order valence-electron chi connectivity index (χ3n) is 13.5. The predicted molar refractivity (Wildman–Crippen MR) is 300 cm³/mol. The summed E-state index contributed by atoms with van der Waals surface area (Å²) in [5.74, 6) is 0. The van der Waals surface area contributed by atoms with E-state index in [1.54, 1.807) is 0 Å². The molecule has 0 bridgehead atoms. The van der Waals surface area contributed by atoms with Crippen molar-refractivity contribution in [3.63, 3.8) is 0 Å². The zero-order valence-electron chi connectivity index (χ0n) is 39.5. The van der Waals surface area contributed by atoms with E-state index in [2.05, 4.69) is 253 Å². The molecule has 3 aromatic heterocycles. The van der Waals surface area contributed by atoms with E-state index in [0.717, 1.165) is 112 Å². The summed E-state index contributed by atoms with van der Waals surface area (Å²) in [7, 11) is 0. The number of pyridine rings is 3. The van der Waals surface area contributed by atoms with Gasteiger partial charge in [0.05, 0.1) is 17.1 Å². The molecule has 12 rings (SSSR count). The van der Waals surface area contributed by atoms with Crippen LogP contribution in [-0.2, 0) is 0 Å². The molecule has 12 aromatic rings. The van der Waals surface area contributed by atoms with Crippen molar-refractivity contribution >= 4 is 0 Å². The molecular weight excluding hydrogens is 871 g/mol. The molecule has 3 heteroatoms. The minimum Gasteiger partial charge on any atom is -0.256 e. The monoisotopic (exact) mass is 917 g/mol. The summed E-state index contributed by atoms with van der Waals surface area (Å²) in [5, 5.41) is 0. The molecule has 0 unspecified atom stereocenters. The Kier molecular flexibility index (Phi) is 12.0. The lowest BCUT2D eigenvalue weighted by Gasteiger charge is -2.18. The fraction of sp³-hybridized carbons (Fsp3) is 0. The first-order valence-corrected chi connectivity index (χ1v) is 24.4. The second kappa shape index (κ2) is 19.8. The molecular formula is C69H47N3. The van der Waals surface area contributed by atoms with Crippen molar-refractivity contribution < 1.29 is 0 Å². The van der Waals surface area contributed by atoms with Gasteiger partial charge in [-0.05, 0) is 144 Å². The van der Waals surface area contributed by atoms with Crippen LogP contribution in [0.15, 0.2) is 286 Å². The molecule has 0 saturated carbocycles. The van der Waals surface area contributed by atoms with Crippen molar-refractivity contribution in [2.75, 3.05) is 0 Å². The van der Waals surface area contributed by atoms with Crippen LogP contribution in [0.1, 0.15) is 0 Å². The molecule has 72 heavy (non-hydrogen) atoms. The number of rotatable bonds is 11. The highest BCUT2D eigenvalue weighted by Crippen LogP contribution is 2.43. The molecule has 338 valence electrons. The van der Waals surface area contributed by atoms with Gasteiger partial charge in [0.1, 0.15) is 0 Å². The van der Waals surface area contributed by atoms with Crippen molar-refractivity contribution in [3.05, 3.63) is 286 Å². The van der Waals surface area contributed by atoms with Gasteiger partial charge in [-0.1, -0.05) is 212 Å². The summed E-state index contributed by atoms with van der Waals surface area (Å²) in [4.78, 5) is 14.0. The molecule has 3 heterocycles. The van der Waals surface area contributed by atoms with E-state index in [4.69, 9.17) is 4.98 Å². The van der Waals surface area contributed by atoms with Gasteiger partial charge in [-0.25, -0.2) is 0 Å². The summed E-state index contributed by atoms with van der Waals surface area (Å²) in [6.45, 7) is 0. The van der Waals surface area contributed by atoms with Gasteiger partial charge < -0.3 is 0 Å². The summed E-state index contributed by atoms with van der Waals surface area (Å²) >= 11 is 0. The van der Waals surface area contributed by atoms with Crippen LogP contribution in [0.3, 0.4) is 0 Å². The molecule has 9 aromatic carbocycles. The summed E-state index contributed by atoms with van der Waals surface area (Å²) in [6.07, 6.45) is 5.60. The minimum absolute atomic E-state index is 0.937. The normalized spacial score (nSPS) is 11.1. The van der Waals surface area contributed by atoms with Crippen molar-refractivity contribution in [2.24, 2.45) is 0 Å². The quantitative estimate of drug-likeness (QED) is 0.130. The maximum atomic E-state index is 4.83. The summed E-state index contributed by atoms with van der Waals surface area (Å²) < 4.78 is 0. The molecule has 0 amide bonds. The van der Waals surface area contributed by atoms with Gasteiger partial charge in [0.25, 0.3) is 0 Å². The molecule has 0 spiro atoms. The fourth-order valence-electron chi connectivity index (χ4n) is 9.84. The van der Waals surface area contributed by atoms with E-state index in [-0.39, 0.29) is 0 Å². The van der Waals surface area contributed by atoms with Crippen molar-refractivity contribution in [1.82, 2.24) is 15.0 Å². The van der Waals surface area contributed by atoms with E-state index in [1.807, 2.05) is 42.9 Å². The van der Waals surface area contributed by atoms with Gasteiger partial charge in [0, 0.05) is 35.3 Å². The molecule has 0 aliphatic heterocycles. The van der Waals surface area contributed by atoms with Crippen LogP contribution in [0.2, 0.25) is 0 Å². The van der Waals surface area contributed by atoms with Gasteiger partial charge in [0.2, 0.25) is 0 Å². The molecule has 0 saturated heterocycles. The first-order valence-electron chi connectivity index (χ1n) is 24.4. The van der Waals surface area contributed by atoms with Crippen LogP contribution in [0, 0.1) is 0 Å². The maximum absolute atomic E-state index is 4.83. The smallest absolute Gasteiger partial charge is 0.0708 e. The Hall–Kier alpha value is -9.57. The van der Waals surface area contributed by atoms with E-state index >= 15 is 0 Å². The van der Waals surface area contributed by atoms with Crippen LogP contribution in [-0.4, -0.2) is 15.0 Å². The second-order valence-electron chi connectivity index (χ2n) is 18.0. The first-order chi connectivity index (χ1) is 35.7. The lowest BCUT2D eigenvalue weighted by molar-refractivity contribution is 1.33. The fourth-order valence-corrected chi connectivity index (χ4v) is 9.84. The average Bonchev–Trinajstić information content (AvgIpc) is 3.48. The van der Waals surface area contributed by atoms with E-state index in [9.17, 15) is 0 Å². The Morgan fingerprint density at radius 2 is 0.444 bits per heavy atom. The first kappa shape index (κ1) is 43.7. The highest BCUT2D eigenvalue weighted by atomic mass is 14.7. The topological polar surface area (TPSA) is 38.7 Å². The highest BCUT2D eigenvalue weighted by Gasteiger charge is 2.17. The van der Waals surface area contributed by atoms with Gasteiger partial charge in [0.15, 0.2) is 0 Å². The maximum Gasteiger partial charge on any atom is 0.0708 e. The third kappa shape index (κ3) is 9.07. The summed E-state index contributed by atoms with van der Waals surface area (Å²) in [5.41, 5.74) is 24.6. The van der Waals surface area contributed by atoms with E-state index in [1.165, 1.54) is 11.1 Å². The van der Waals surface area contributed by atoms with Gasteiger partial charge in [-0.15, -0.1) is 0 Å². The second-order valence-corrected chi connectivity index (χ2v) is 18.0. The Morgan fingerprint density at radius 3 is 0.833 bits per heavy atom. The Bertz CT molecular complexity index is 3650. The molecule has 0 aliphatic rings. The lowest BCUT2D eigenvalue weighted by Crippen LogP contribution is -1.92. The number of hydrogen-bond acceptors (Lipinski definition) is 3. The van der Waals surface area contributed by atoms with Crippen LogP contribution in [0.5, 0.6) is 0 Å². The third-order valence-corrected chi connectivity index (χ3v) is 13.5. The Labute approximate surface area is 421 Å². The van der Waals surface area contributed by atoms with Crippen molar-refractivity contribution in [2.45, 2.75) is 0 Å². The Balaban J connectivity index is 0.933. The molecule has 3 nitrogen and oxygen atoms in total. The zero-order chi connectivity index (χ0) is 48.1. The number of aromatic nitrogens is 3. The van der Waals surface area contributed by atoms with Crippen LogP contribution in [0.4, 0.5) is 0 Å². The van der Waals surface area contributed by atoms with Crippen molar-refractivity contribution in [1.29, 1.82) is 0 Å². The van der Waals surface area contributed by atoms with Gasteiger partial charge >= 0.3 is 0 Å². The van der Waals surface area contributed by atoms with Crippen molar-refractivity contribution in [3.8, 4) is 123 Å². The molecule has 0 atom stereocenters.